The zero-order valence-electron chi connectivity index (χ0n) is 9.14. The Morgan fingerprint density at radius 1 is 0.737 bits per heavy atom. The van der Waals surface area contributed by atoms with Gasteiger partial charge < -0.3 is 25.2 Å². The van der Waals surface area contributed by atoms with Gasteiger partial charge in [-0.1, -0.05) is 12.1 Å². The third kappa shape index (κ3) is 6.26. The number of carboxylic acids is 2. The topological polar surface area (TPSA) is 158 Å². The second-order valence-electron chi connectivity index (χ2n) is 2.79. The monoisotopic (exact) mass is 272 g/mol. The minimum absolute atomic E-state index is 0.190. The van der Waals surface area contributed by atoms with E-state index in [4.69, 9.17) is 20.4 Å². The molecule has 0 saturated carbocycles. The van der Waals surface area contributed by atoms with Crippen molar-refractivity contribution in [2.45, 2.75) is 0 Å². The Labute approximate surface area is 105 Å². The van der Waals surface area contributed by atoms with E-state index in [1.165, 1.54) is 24.3 Å². The lowest BCUT2D eigenvalue weighted by Gasteiger charge is -1.98. The first-order valence-electron chi connectivity index (χ1n) is 4.45. The van der Waals surface area contributed by atoms with Gasteiger partial charge in [0.1, 0.15) is 0 Å². The minimum Gasteiger partial charge on any atom is -0.478 e. The molecule has 0 amide bonds. The lowest BCUT2D eigenvalue weighted by atomic mass is 10.1. The normalized spacial score (nSPS) is 8.63. The Hall–Kier alpha value is -3.10. The first-order valence-corrected chi connectivity index (χ1v) is 4.45. The highest BCUT2D eigenvalue weighted by molar-refractivity contribution is 6.01. The van der Waals surface area contributed by atoms with Crippen molar-refractivity contribution in [2.24, 2.45) is 0 Å². The lowest BCUT2D eigenvalue weighted by molar-refractivity contribution is 0.0651. The van der Waals surface area contributed by atoms with E-state index in [-0.39, 0.29) is 11.1 Å². The molecule has 0 saturated heterocycles. The summed E-state index contributed by atoms with van der Waals surface area (Å²) in [6, 6.07) is 5.48. The van der Waals surface area contributed by atoms with Crippen molar-refractivity contribution in [3.05, 3.63) is 35.4 Å². The van der Waals surface area contributed by atoms with Crippen LogP contribution in [0.15, 0.2) is 24.3 Å². The van der Waals surface area contributed by atoms with E-state index in [0.29, 0.717) is 0 Å². The van der Waals surface area contributed by atoms with E-state index in [2.05, 4.69) is 4.74 Å². The van der Waals surface area contributed by atoms with E-state index in [1.807, 2.05) is 0 Å². The van der Waals surface area contributed by atoms with Gasteiger partial charge in [-0.15, -0.1) is 0 Å². The Kier molecular flexibility index (Phi) is 6.08. The number of aromatic carboxylic acids is 2. The van der Waals surface area contributed by atoms with Gasteiger partial charge in [0, 0.05) is 0 Å². The molecule has 0 aliphatic heterocycles. The Morgan fingerprint density at radius 3 is 1.21 bits per heavy atom. The van der Waals surface area contributed by atoms with Crippen molar-refractivity contribution in [3.8, 4) is 0 Å². The molecule has 0 unspecified atom stereocenters. The molecule has 0 aliphatic rings. The average Bonchev–Trinajstić information content (AvgIpc) is 2.27. The standard InChI is InChI=1S/C8H6O4.C2H2O5/c9-7(10)5-3-1-2-4-6(5)8(11)12;3-1(4)7-2(5)6/h1-4H,(H,9,10)(H,11,12);(H,3,4)(H,5,6). The molecule has 9 nitrogen and oxygen atoms in total. The fourth-order valence-electron chi connectivity index (χ4n) is 0.931. The highest BCUT2D eigenvalue weighted by atomic mass is 16.7. The van der Waals surface area contributed by atoms with Crippen LogP contribution in [-0.2, 0) is 4.74 Å². The summed E-state index contributed by atoms with van der Waals surface area (Å²) in [6.07, 6.45) is -3.62. The maximum absolute atomic E-state index is 10.5. The molecule has 0 atom stereocenters. The zero-order valence-corrected chi connectivity index (χ0v) is 9.14. The highest BCUT2D eigenvalue weighted by Gasteiger charge is 2.13. The summed E-state index contributed by atoms with van der Waals surface area (Å²) in [5.41, 5.74) is -0.380. The van der Waals surface area contributed by atoms with Crippen LogP contribution in [0.1, 0.15) is 20.7 Å². The molecule has 0 aromatic heterocycles. The van der Waals surface area contributed by atoms with Crippen LogP contribution < -0.4 is 0 Å². The van der Waals surface area contributed by atoms with Gasteiger partial charge in [-0.25, -0.2) is 19.2 Å². The summed E-state index contributed by atoms with van der Waals surface area (Å²) in [7, 11) is 0. The fraction of sp³-hybridized carbons (Fsp3) is 0. The summed E-state index contributed by atoms with van der Waals surface area (Å²) < 4.78 is 3.08. The van der Waals surface area contributed by atoms with Crippen LogP contribution in [0.2, 0.25) is 0 Å². The van der Waals surface area contributed by atoms with E-state index in [9.17, 15) is 19.2 Å². The smallest absolute Gasteiger partial charge is 0.478 e. The van der Waals surface area contributed by atoms with Gasteiger partial charge in [0.2, 0.25) is 0 Å². The predicted octanol–water partition coefficient (Wildman–Crippen LogP) is 1.44. The van der Waals surface area contributed by atoms with Crippen LogP contribution in [0, 0.1) is 0 Å². The zero-order chi connectivity index (χ0) is 15.0. The molecule has 0 aliphatic carbocycles. The van der Waals surface area contributed by atoms with Crippen molar-refractivity contribution in [1.29, 1.82) is 0 Å². The number of carbonyl (C=O) groups is 4. The van der Waals surface area contributed by atoms with Gasteiger partial charge in [0.25, 0.3) is 0 Å². The molecule has 1 rings (SSSR count). The summed E-state index contributed by atoms with van der Waals surface area (Å²) in [6.45, 7) is 0. The highest BCUT2D eigenvalue weighted by Crippen LogP contribution is 2.07. The van der Waals surface area contributed by atoms with Crippen molar-refractivity contribution < 1.29 is 44.3 Å². The van der Waals surface area contributed by atoms with Crippen molar-refractivity contribution in [2.75, 3.05) is 0 Å². The Balaban J connectivity index is 0.000000399. The molecule has 19 heavy (non-hydrogen) atoms. The molecule has 1 aromatic carbocycles. The molecule has 9 heteroatoms. The van der Waals surface area contributed by atoms with E-state index >= 15 is 0 Å². The number of hydrogen-bond donors (Lipinski definition) is 4. The van der Waals surface area contributed by atoms with E-state index < -0.39 is 24.2 Å². The maximum Gasteiger partial charge on any atom is 0.516 e. The molecule has 1 aromatic rings. The molecule has 0 fully saturated rings. The fourth-order valence-corrected chi connectivity index (χ4v) is 0.931. The van der Waals surface area contributed by atoms with E-state index in [1.54, 1.807) is 0 Å². The number of carboxylic acid groups (broad SMARTS) is 4. The van der Waals surface area contributed by atoms with Crippen LogP contribution in [0.3, 0.4) is 0 Å². The lowest BCUT2D eigenvalue weighted by Crippen LogP contribution is -2.06. The summed E-state index contributed by atoms with van der Waals surface area (Å²) in [5, 5.41) is 32.1. The van der Waals surface area contributed by atoms with Gasteiger partial charge in [0.05, 0.1) is 11.1 Å². The van der Waals surface area contributed by atoms with E-state index in [0.717, 1.165) is 0 Å². The molecule has 0 radical (unpaired) electrons. The molecular formula is C10H8O9. The third-order valence-corrected chi connectivity index (χ3v) is 1.56. The predicted molar refractivity (Wildman–Crippen MR) is 57.5 cm³/mol. The third-order valence-electron chi connectivity index (χ3n) is 1.56. The van der Waals surface area contributed by atoms with Crippen LogP contribution in [0.4, 0.5) is 9.59 Å². The number of rotatable bonds is 2. The summed E-state index contributed by atoms with van der Waals surface area (Å²) in [4.78, 5) is 39.3. The SMILES string of the molecule is O=C(O)OC(=O)O.O=C(O)c1ccccc1C(=O)O. The largest absolute Gasteiger partial charge is 0.516 e. The number of ether oxygens (including phenoxy) is 1. The molecule has 0 heterocycles. The minimum atomic E-state index is -1.81. The van der Waals surface area contributed by atoms with Gasteiger partial charge >= 0.3 is 24.2 Å². The van der Waals surface area contributed by atoms with Gasteiger partial charge in [0.15, 0.2) is 0 Å². The van der Waals surface area contributed by atoms with Gasteiger partial charge in [-0.05, 0) is 12.1 Å². The molecule has 0 bridgehead atoms. The molecule has 4 N–H and O–H groups in total. The van der Waals surface area contributed by atoms with Crippen LogP contribution in [0.25, 0.3) is 0 Å². The summed E-state index contributed by atoms with van der Waals surface area (Å²) >= 11 is 0. The molecular weight excluding hydrogens is 264 g/mol. The Morgan fingerprint density at radius 2 is 1.05 bits per heavy atom. The van der Waals surface area contributed by atoms with Crippen molar-refractivity contribution in [3.63, 3.8) is 0 Å². The van der Waals surface area contributed by atoms with Gasteiger partial charge in [-0.3, -0.25) is 0 Å². The first kappa shape index (κ1) is 15.9. The number of benzene rings is 1. The second kappa shape index (κ2) is 7.27. The maximum atomic E-state index is 10.5. The molecule has 102 valence electrons. The summed E-state index contributed by atoms with van der Waals surface area (Å²) in [5.74, 6) is -2.46. The average molecular weight is 272 g/mol. The molecule has 0 spiro atoms. The number of hydrogen-bond acceptors (Lipinski definition) is 5. The van der Waals surface area contributed by atoms with Gasteiger partial charge in [-0.2, -0.15) is 0 Å². The second-order valence-corrected chi connectivity index (χ2v) is 2.79. The quantitative estimate of drug-likeness (QED) is 0.461. The van der Waals surface area contributed by atoms with Crippen molar-refractivity contribution in [1.82, 2.24) is 0 Å². The Bertz CT molecular complexity index is 460. The van der Waals surface area contributed by atoms with Crippen LogP contribution in [-0.4, -0.2) is 44.7 Å². The first-order chi connectivity index (χ1) is 8.75. The van der Waals surface area contributed by atoms with Crippen LogP contribution >= 0.6 is 0 Å². The van der Waals surface area contributed by atoms with Crippen LogP contribution in [0.5, 0.6) is 0 Å². The van der Waals surface area contributed by atoms with Crippen molar-refractivity contribution >= 4 is 24.2 Å².